The molecule has 4 amide bonds. The van der Waals surface area contributed by atoms with Gasteiger partial charge in [0.05, 0.1) is 12.7 Å². The van der Waals surface area contributed by atoms with Crippen molar-refractivity contribution in [1.29, 1.82) is 0 Å². The zero-order chi connectivity index (χ0) is 18.9. The normalized spacial score (nSPS) is 16.7. The first-order chi connectivity index (χ1) is 12.5. The highest BCUT2D eigenvalue weighted by molar-refractivity contribution is 5.94. The molecule has 1 unspecified atom stereocenters. The van der Waals surface area contributed by atoms with Gasteiger partial charge in [-0.25, -0.2) is 4.79 Å². The van der Waals surface area contributed by atoms with Crippen molar-refractivity contribution in [3.8, 4) is 0 Å². The van der Waals surface area contributed by atoms with Gasteiger partial charge in [-0.1, -0.05) is 6.07 Å². The molecule has 9 heteroatoms. The number of nitrogens with one attached hydrogen (secondary N) is 3. The summed E-state index contributed by atoms with van der Waals surface area (Å²) in [5, 5.41) is 8.08. The summed E-state index contributed by atoms with van der Waals surface area (Å²) in [5.74, 6) is -0.284. The highest BCUT2D eigenvalue weighted by atomic mass is 16.5. The van der Waals surface area contributed by atoms with Gasteiger partial charge in [0.25, 0.3) is 0 Å². The van der Waals surface area contributed by atoms with E-state index in [4.69, 9.17) is 9.47 Å². The predicted molar refractivity (Wildman–Crippen MR) is 96.0 cm³/mol. The Morgan fingerprint density at radius 2 is 2.00 bits per heavy atom. The number of rotatable bonds is 6. The third-order valence-corrected chi connectivity index (χ3v) is 3.75. The largest absolute Gasteiger partial charge is 0.375 e. The summed E-state index contributed by atoms with van der Waals surface area (Å²) in [4.78, 5) is 36.7. The Hall–Kier alpha value is -2.65. The first-order valence-electron chi connectivity index (χ1n) is 8.28. The average molecular weight is 364 g/mol. The number of hydrogen-bond donors (Lipinski definition) is 3. The zero-order valence-electron chi connectivity index (χ0n) is 14.9. The number of amides is 4. The van der Waals surface area contributed by atoms with E-state index in [0.717, 1.165) is 0 Å². The van der Waals surface area contributed by atoms with Gasteiger partial charge < -0.3 is 30.3 Å². The van der Waals surface area contributed by atoms with Crippen molar-refractivity contribution in [2.75, 3.05) is 50.6 Å². The Kier molecular flexibility index (Phi) is 7.37. The van der Waals surface area contributed by atoms with Gasteiger partial charge in [-0.05, 0) is 18.2 Å². The number of benzene rings is 1. The van der Waals surface area contributed by atoms with Crippen molar-refractivity contribution in [3.05, 3.63) is 24.3 Å². The van der Waals surface area contributed by atoms with E-state index in [1.165, 1.54) is 14.0 Å². The number of anilines is 2. The SMILES string of the molecule is COCC(=O)Nc1cccc(NC(=O)NCC2CN(C(C)=O)CCO2)c1. The second-order valence-electron chi connectivity index (χ2n) is 5.85. The quantitative estimate of drug-likeness (QED) is 0.686. The lowest BCUT2D eigenvalue weighted by Gasteiger charge is -2.32. The summed E-state index contributed by atoms with van der Waals surface area (Å²) < 4.78 is 10.3. The van der Waals surface area contributed by atoms with Crippen molar-refractivity contribution >= 4 is 29.2 Å². The van der Waals surface area contributed by atoms with Crippen LogP contribution in [0.2, 0.25) is 0 Å². The maximum atomic E-state index is 12.0. The minimum Gasteiger partial charge on any atom is -0.375 e. The standard InChI is InChI=1S/C17H24N4O5/c1-12(22)21-6-7-26-15(10-21)9-18-17(24)20-14-5-3-4-13(8-14)19-16(23)11-25-2/h3-5,8,15H,6-7,9-11H2,1-2H3,(H,19,23)(H2,18,20,24). The molecule has 1 fully saturated rings. The molecule has 1 saturated heterocycles. The van der Waals surface area contributed by atoms with Crippen molar-refractivity contribution in [3.63, 3.8) is 0 Å². The van der Waals surface area contributed by atoms with E-state index >= 15 is 0 Å². The summed E-state index contributed by atoms with van der Waals surface area (Å²) in [6.45, 7) is 3.24. The number of urea groups is 1. The molecule has 0 radical (unpaired) electrons. The minimum atomic E-state index is -0.395. The molecule has 1 atom stereocenters. The summed E-state index contributed by atoms with van der Waals surface area (Å²) in [7, 11) is 1.44. The summed E-state index contributed by atoms with van der Waals surface area (Å²) in [6.07, 6.45) is -0.238. The first kappa shape index (κ1) is 19.7. The van der Waals surface area contributed by atoms with Crippen LogP contribution in [-0.2, 0) is 19.1 Å². The molecule has 26 heavy (non-hydrogen) atoms. The van der Waals surface area contributed by atoms with Crippen LogP contribution < -0.4 is 16.0 Å². The molecular formula is C17H24N4O5. The van der Waals surface area contributed by atoms with E-state index in [1.807, 2.05) is 0 Å². The molecule has 9 nitrogen and oxygen atoms in total. The number of ether oxygens (including phenoxy) is 2. The highest BCUT2D eigenvalue weighted by Gasteiger charge is 2.22. The van der Waals surface area contributed by atoms with Gasteiger partial charge in [0.2, 0.25) is 11.8 Å². The van der Waals surface area contributed by atoms with E-state index in [9.17, 15) is 14.4 Å². The maximum absolute atomic E-state index is 12.0. The number of hydrogen-bond acceptors (Lipinski definition) is 5. The molecule has 0 spiro atoms. The Balaban J connectivity index is 1.80. The fraction of sp³-hybridized carbons (Fsp3) is 0.471. The number of carbonyl (C=O) groups excluding carboxylic acids is 3. The average Bonchev–Trinajstić information content (AvgIpc) is 2.60. The molecule has 0 aliphatic carbocycles. The van der Waals surface area contributed by atoms with Crippen LogP contribution in [-0.4, -0.2) is 68.8 Å². The minimum absolute atomic E-state index is 0.00455. The molecule has 2 rings (SSSR count). The molecule has 3 N–H and O–H groups in total. The smallest absolute Gasteiger partial charge is 0.319 e. The molecule has 0 saturated carbocycles. The van der Waals surface area contributed by atoms with Crippen LogP contribution in [0.4, 0.5) is 16.2 Å². The lowest BCUT2D eigenvalue weighted by molar-refractivity contribution is -0.136. The summed E-state index contributed by atoms with van der Waals surface area (Å²) in [6, 6.07) is 6.38. The fourth-order valence-corrected chi connectivity index (χ4v) is 2.51. The first-order valence-corrected chi connectivity index (χ1v) is 8.28. The highest BCUT2D eigenvalue weighted by Crippen LogP contribution is 2.15. The van der Waals surface area contributed by atoms with Gasteiger partial charge in [0, 0.05) is 45.0 Å². The number of methoxy groups -OCH3 is 1. The molecular weight excluding hydrogens is 340 g/mol. The van der Waals surface area contributed by atoms with E-state index in [-0.39, 0.29) is 24.5 Å². The molecule has 0 bridgehead atoms. The molecule has 1 aliphatic heterocycles. The molecule has 1 aromatic rings. The molecule has 1 aromatic carbocycles. The monoisotopic (exact) mass is 364 g/mol. The van der Waals surface area contributed by atoms with E-state index in [0.29, 0.717) is 37.6 Å². The molecule has 1 heterocycles. The molecule has 142 valence electrons. The van der Waals surface area contributed by atoms with Gasteiger partial charge in [0.15, 0.2) is 0 Å². The van der Waals surface area contributed by atoms with Gasteiger partial charge in [-0.3, -0.25) is 9.59 Å². The lowest BCUT2D eigenvalue weighted by Crippen LogP contribution is -2.49. The topological polar surface area (TPSA) is 109 Å². The second kappa shape index (κ2) is 9.73. The van der Waals surface area contributed by atoms with E-state index < -0.39 is 6.03 Å². The van der Waals surface area contributed by atoms with Gasteiger partial charge in [-0.2, -0.15) is 0 Å². The number of carbonyl (C=O) groups is 3. The van der Waals surface area contributed by atoms with Crippen LogP contribution in [0.3, 0.4) is 0 Å². The van der Waals surface area contributed by atoms with Gasteiger partial charge >= 0.3 is 6.03 Å². The molecule has 1 aliphatic rings. The Morgan fingerprint density at radius 1 is 1.27 bits per heavy atom. The van der Waals surface area contributed by atoms with Crippen molar-refractivity contribution in [2.24, 2.45) is 0 Å². The Morgan fingerprint density at radius 3 is 2.69 bits per heavy atom. The van der Waals surface area contributed by atoms with Crippen LogP contribution in [0.1, 0.15) is 6.92 Å². The maximum Gasteiger partial charge on any atom is 0.319 e. The Bertz CT molecular complexity index is 652. The van der Waals surface area contributed by atoms with Crippen LogP contribution in [0.5, 0.6) is 0 Å². The second-order valence-corrected chi connectivity index (χ2v) is 5.85. The number of nitrogens with zero attached hydrogens (tertiary/aromatic N) is 1. The van der Waals surface area contributed by atoms with Crippen molar-refractivity contribution < 1.29 is 23.9 Å². The zero-order valence-corrected chi connectivity index (χ0v) is 14.9. The fourth-order valence-electron chi connectivity index (χ4n) is 2.51. The number of morpholine rings is 1. The van der Waals surface area contributed by atoms with Crippen LogP contribution in [0, 0.1) is 0 Å². The lowest BCUT2D eigenvalue weighted by atomic mass is 10.2. The summed E-state index contributed by atoms with van der Waals surface area (Å²) in [5.41, 5.74) is 1.09. The molecule has 0 aromatic heterocycles. The summed E-state index contributed by atoms with van der Waals surface area (Å²) >= 11 is 0. The van der Waals surface area contributed by atoms with Crippen LogP contribution in [0.15, 0.2) is 24.3 Å². The van der Waals surface area contributed by atoms with E-state index in [2.05, 4.69) is 16.0 Å². The third kappa shape index (κ3) is 6.34. The third-order valence-electron chi connectivity index (χ3n) is 3.75. The van der Waals surface area contributed by atoms with Gasteiger partial charge in [0.1, 0.15) is 6.61 Å². The van der Waals surface area contributed by atoms with Gasteiger partial charge in [-0.15, -0.1) is 0 Å². The van der Waals surface area contributed by atoms with Crippen molar-refractivity contribution in [1.82, 2.24) is 10.2 Å². The van der Waals surface area contributed by atoms with Crippen molar-refractivity contribution in [2.45, 2.75) is 13.0 Å². The van der Waals surface area contributed by atoms with Crippen LogP contribution in [0.25, 0.3) is 0 Å². The van der Waals surface area contributed by atoms with E-state index in [1.54, 1.807) is 29.2 Å². The van der Waals surface area contributed by atoms with Crippen LogP contribution >= 0.6 is 0 Å². The predicted octanol–water partition coefficient (Wildman–Crippen LogP) is 0.640. The Labute approximate surface area is 152 Å².